The maximum Gasteiger partial charge on any atom is 0.224 e. The molecular formula is C31H27Cl2N3O3. The Kier molecular flexibility index (Phi) is 7.77. The molecule has 1 N–H and O–H groups in total. The maximum absolute atomic E-state index is 13.0. The molecule has 0 saturated heterocycles. The molecule has 198 valence electrons. The van der Waals surface area contributed by atoms with E-state index < -0.39 is 0 Å². The number of carbonyl (C=O) groups excluding carboxylic acids is 1. The molecule has 0 atom stereocenters. The Balaban J connectivity index is 1.50. The van der Waals surface area contributed by atoms with Gasteiger partial charge < -0.3 is 19.2 Å². The van der Waals surface area contributed by atoms with E-state index >= 15 is 0 Å². The van der Waals surface area contributed by atoms with Crippen molar-refractivity contribution in [1.82, 2.24) is 9.38 Å². The topological polar surface area (TPSA) is 64.9 Å². The second-order valence-corrected chi connectivity index (χ2v) is 9.98. The molecule has 0 saturated carbocycles. The summed E-state index contributed by atoms with van der Waals surface area (Å²) in [6.07, 6.45) is 2.80. The minimum atomic E-state index is -0.128. The SMILES string of the molecule is COc1ccc(-c2nc3ccc(-c4ccc(Cl)cc4C)cn3c2CCC(=O)Nc2ccc(OC)c(Cl)c2)cc1. The maximum atomic E-state index is 13.0. The molecule has 5 aromatic rings. The number of ether oxygens (including phenoxy) is 2. The van der Waals surface area contributed by atoms with E-state index in [0.717, 1.165) is 45.0 Å². The number of benzene rings is 3. The molecule has 0 unspecified atom stereocenters. The molecule has 0 aliphatic heterocycles. The molecule has 2 aromatic heterocycles. The summed E-state index contributed by atoms with van der Waals surface area (Å²) in [5.74, 6) is 1.19. The van der Waals surface area contributed by atoms with Crippen LogP contribution in [-0.4, -0.2) is 29.5 Å². The van der Waals surface area contributed by atoms with E-state index in [0.29, 0.717) is 27.9 Å². The van der Waals surface area contributed by atoms with Crippen LogP contribution in [-0.2, 0) is 11.2 Å². The fraction of sp³-hybridized carbons (Fsp3) is 0.161. The Morgan fingerprint density at radius 2 is 1.69 bits per heavy atom. The fourth-order valence-electron chi connectivity index (χ4n) is 4.62. The van der Waals surface area contributed by atoms with Crippen molar-refractivity contribution in [3.05, 3.63) is 100 Å². The van der Waals surface area contributed by atoms with Crippen molar-refractivity contribution in [1.29, 1.82) is 0 Å². The van der Waals surface area contributed by atoms with Crippen LogP contribution in [0.15, 0.2) is 79.0 Å². The summed E-state index contributed by atoms with van der Waals surface area (Å²) in [6.45, 7) is 2.04. The number of pyridine rings is 1. The standard InChI is InChI=1S/C31H27Cl2N3O3/c1-19-16-22(32)7-11-25(19)21-6-14-29-35-31(20-4-9-24(38-2)10-5-20)27(36(29)18-21)12-15-30(37)34-23-8-13-28(39-3)26(33)17-23/h4-11,13-14,16-18H,12,15H2,1-3H3,(H,34,37). The Morgan fingerprint density at radius 3 is 2.38 bits per heavy atom. The molecule has 0 spiro atoms. The van der Waals surface area contributed by atoms with Crippen LogP contribution in [0.1, 0.15) is 17.7 Å². The third kappa shape index (κ3) is 5.72. The van der Waals surface area contributed by atoms with Gasteiger partial charge in [0, 0.05) is 28.9 Å². The van der Waals surface area contributed by atoms with Crippen LogP contribution in [0, 0.1) is 6.92 Å². The molecule has 3 aromatic carbocycles. The average molecular weight is 560 g/mol. The van der Waals surface area contributed by atoms with Crippen LogP contribution in [0.25, 0.3) is 28.0 Å². The van der Waals surface area contributed by atoms with Crippen molar-refractivity contribution in [3.63, 3.8) is 0 Å². The minimum absolute atomic E-state index is 0.128. The summed E-state index contributed by atoms with van der Waals surface area (Å²) in [5.41, 5.74) is 7.32. The van der Waals surface area contributed by atoms with Crippen LogP contribution in [0.5, 0.6) is 11.5 Å². The Bertz CT molecular complexity index is 1660. The van der Waals surface area contributed by atoms with Crippen LogP contribution in [0.4, 0.5) is 5.69 Å². The number of methoxy groups -OCH3 is 2. The number of imidazole rings is 1. The predicted molar refractivity (Wildman–Crippen MR) is 157 cm³/mol. The highest BCUT2D eigenvalue weighted by Crippen LogP contribution is 2.32. The van der Waals surface area contributed by atoms with Gasteiger partial charge in [0.25, 0.3) is 0 Å². The second kappa shape index (κ2) is 11.4. The van der Waals surface area contributed by atoms with Gasteiger partial charge in [-0.2, -0.15) is 0 Å². The first kappa shape index (κ1) is 26.6. The van der Waals surface area contributed by atoms with Crippen molar-refractivity contribution < 1.29 is 14.3 Å². The molecule has 5 rings (SSSR count). The van der Waals surface area contributed by atoms with Gasteiger partial charge in [-0.3, -0.25) is 4.79 Å². The molecule has 0 radical (unpaired) electrons. The lowest BCUT2D eigenvalue weighted by Gasteiger charge is -2.11. The molecule has 8 heteroatoms. The van der Waals surface area contributed by atoms with Crippen LogP contribution in [0.2, 0.25) is 10.0 Å². The van der Waals surface area contributed by atoms with Gasteiger partial charge in [0.15, 0.2) is 0 Å². The number of nitrogens with one attached hydrogen (secondary N) is 1. The van der Waals surface area contributed by atoms with Gasteiger partial charge in [-0.15, -0.1) is 0 Å². The summed E-state index contributed by atoms with van der Waals surface area (Å²) in [7, 11) is 3.19. The van der Waals surface area contributed by atoms with Gasteiger partial charge in [0.05, 0.1) is 30.6 Å². The monoisotopic (exact) mass is 559 g/mol. The Labute approximate surface area is 237 Å². The van der Waals surface area contributed by atoms with Crippen molar-refractivity contribution in [2.24, 2.45) is 0 Å². The van der Waals surface area contributed by atoms with Crippen molar-refractivity contribution in [2.75, 3.05) is 19.5 Å². The number of carbonyl (C=O) groups is 1. The third-order valence-electron chi connectivity index (χ3n) is 6.60. The van der Waals surface area contributed by atoms with Crippen molar-refractivity contribution in [3.8, 4) is 33.9 Å². The van der Waals surface area contributed by atoms with Gasteiger partial charge >= 0.3 is 0 Å². The number of hydrogen-bond acceptors (Lipinski definition) is 4. The first-order chi connectivity index (χ1) is 18.9. The van der Waals surface area contributed by atoms with Gasteiger partial charge in [-0.1, -0.05) is 29.3 Å². The fourth-order valence-corrected chi connectivity index (χ4v) is 5.11. The highest BCUT2D eigenvalue weighted by atomic mass is 35.5. The van der Waals surface area contributed by atoms with Crippen molar-refractivity contribution >= 4 is 40.4 Å². The van der Waals surface area contributed by atoms with Gasteiger partial charge in [-0.25, -0.2) is 4.98 Å². The van der Waals surface area contributed by atoms with Gasteiger partial charge in [-0.05, 0) is 96.8 Å². The quantitative estimate of drug-likeness (QED) is 0.210. The van der Waals surface area contributed by atoms with E-state index in [1.807, 2.05) is 55.5 Å². The number of amides is 1. The molecule has 0 aliphatic rings. The molecule has 2 heterocycles. The van der Waals surface area contributed by atoms with E-state index in [1.165, 1.54) is 0 Å². The molecule has 1 amide bonds. The number of aryl methyl sites for hydroxylation is 2. The zero-order valence-electron chi connectivity index (χ0n) is 21.8. The summed E-state index contributed by atoms with van der Waals surface area (Å²) < 4.78 is 12.6. The van der Waals surface area contributed by atoms with E-state index in [-0.39, 0.29) is 12.3 Å². The normalized spacial score (nSPS) is 11.0. The predicted octanol–water partition coefficient (Wildman–Crippen LogP) is 7.87. The van der Waals surface area contributed by atoms with E-state index in [1.54, 1.807) is 32.4 Å². The van der Waals surface area contributed by atoms with E-state index in [9.17, 15) is 4.79 Å². The zero-order valence-corrected chi connectivity index (χ0v) is 23.3. The molecular weight excluding hydrogens is 533 g/mol. The second-order valence-electron chi connectivity index (χ2n) is 9.14. The number of fused-ring (bicyclic) bond motifs is 1. The van der Waals surface area contributed by atoms with Gasteiger partial charge in [0.2, 0.25) is 5.91 Å². The van der Waals surface area contributed by atoms with Crippen LogP contribution < -0.4 is 14.8 Å². The summed E-state index contributed by atoms with van der Waals surface area (Å²) in [5, 5.41) is 4.07. The first-order valence-electron chi connectivity index (χ1n) is 12.4. The molecule has 0 aliphatic carbocycles. The molecule has 39 heavy (non-hydrogen) atoms. The number of halogens is 2. The minimum Gasteiger partial charge on any atom is -0.497 e. The molecule has 0 bridgehead atoms. The number of rotatable bonds is 8. The number of anilines is 1. The smallest absolute Gasteiger partial charge is 0.224 e. The first-order valence-corrected chi connectivity index (χ1v) is 13.2. The molecule has 0 fully saturated rings. The Morgan fingerprint density at radius 1 is 0.923 bits per heavy atom. The summed E-state index contributed by atoms with van der Waals surface area (Å²) in [4.78, 5) is 17.9. The Hall–Kier alpha value is -4.00. The summed E-state index contributed by atoms with van der Waals surface area (Å²) >= 11 is 12.4. The lowest BCUT2D eigenvalue weighted by molar-refractivity contribution is -0.116. The van der Waals surface area contributed by atoms with E-state index in [2.05, 4.69) is 22.0 Å². The number of hydrogen-bond donors (Lipinski definition) is 1. The third-order valence-corrected chi connectivity index (χ3v) is 7.14. The van der Waals surface area contributed by atoms with E-state index in [4.69, 9.17) is 37.7 Å². The highest BCUT2D eigenvalue weighted by Gasteiger charge is 2.17. The lowest BCUT2D eigenvalue weighted by Crippen LogP contribution is -2.13. The largest absolute Gasteiger partial charge is 0.497 e. The number of aromatic nitrogens is 2. The highest BCUT2D eigenvalue weighted by molar-refractivity contribution is 6.32. The number of nitrogens with zero attached hydrogens (tertiary/aromatic N) is 2. The lowest BCUT2D eigenvalue weighted by atomic mass is 10.0. The van der Waals surface area contributed by atoms with Crippen LogP contribution >= 0.6 is 23.2 Å². The average Bonchev–Trinajstić information content (AvgIpc) is 3.30. The van der Waals surface area contributed by atoms with Crippen LogP contribution in [0.3, 0.4) is 0 Å². The zero-order chi connectivity index (χ0) is 27.5. The summed E-state index contributed by atoms with van der Waals surface area (Å²) in [6, 6.07) is 22.9. The molecule has 6 nitrogen and oxygen atoms in total. The van der Waals surface area contributed by atoms with Crippen molar-refractivity contribution in [2.45, 2.75) is 19.8 Å². The van der Waals surface area contributed by atoms with Gasteiger partial charge in [0.1, 0.15) is 17.1 Å².